The number of carbonyl (C=O) groups excluding carboxylic acids is 3. The second kappa shape index (κ2) is 7.89. The summed E-state index contributed by atoms with van der Waals surface area (Å²) in [7, 11) is 0. The van der Waals surface area contributed by atoms with Crippen molar-refractivity contribution in [1.29, 1.82) is 0 Å². The number of hydrogen-bond acceptors (Lipinski definition) is 5. The molecule has 0 aliphatic carbocycles. The zero-order valence-corrected chi connectivity index (χ0v) is 13.6. The Morgan fingerprint density at radius 1 is 0.923 bits per heavy atom. The van der Waals surface area contributed by atoms with Crippen molar-refractivity contribution in [2.75, 3.05) is 0 Å². The van der Waals surface area contributed by atoms with E-state index in [4.69, 9.17) is 4.74 Å². The zero-order chi connectivity index (χ0) is 18.4. The molecule has 4 amide bonds. The van der Waals surface area contributed by atoms with E-state index in [0.717, 1.165) is 16.9 Å². The molecule has 7 nitrogen and oxygen atoms in total. The van der Waals surface area contributed by atoms with Crippen LogP contribution in [0.5, 0.6) is 5.75 Å². The van der Waals surface area contributed by atoms with Crippen LogP contribution in [-0.4, -0.2) is 22.8 Å². The highest BCUT2D eigenvalue weighted by molar-refractivity contribution is 6.29. The standard InChI is InChI=1S/C19H15N3O4/c23-17-16(18(24)22-19(25)21-17)3-1-2-13-4-6-15(7-5-13)26-12-14-8-10-20-11-9-14/h1-11H,12H2,(H2,21,22,23,24,25)/b2-1+. The molecule has 2 N–H and O–H groups in total. The number of urea groups is 1. The van der Waals surface area contributed by atoms with Crippen molar-refractivity contribution in [1.82, 2.24) is 15.6 Å². The summed E-state index contributed by atoms with van der Waals surface area (Å²) in [4.78, 5) is 38.1. The number of amides is 4. The van der Waals surface area contributed by atoms with E-state index in [-0.39, 0.29) is 5.57 Å². The highest BCUT2D eigenvalue weighted by atomic mass is 16.5. The third-order valence-corrected chi connectivity index (χ3v) is 3.53. The van der Waals surface area contributed by atoms with E-state index in [0.29, 0.717) is 6.61 Å². The lowest BCUT2D eigenvalue weighted by Crippen LogP contribution is -2.51. The van der Waals surface area contributed by atoms with Crippen LogP contribution in [0.1, 0.15) is 11.1 Å². The molecule has 1 fully saturated rings. The zero-order valence-electron chi connectivity index (χ0n) is 13.6. The van der Waals surface area contributed by atoms with Crippen molar-refractivity contribution in [3.63, 3.8) is 0 Å². The maximum Gasteiger partial charge on any atom is 0.328 e. The molecule has 7 heteroatoms. The van der Waals surface area contributed by atoms with Gasteiger partial charge in [-0.1, -0.05) is 24.3 Å². The smallest absolute Gasteiger partial charge is 0.328 e. The second-order valence-electron chi connectivity index (χ2n) is 5.39. The van der Waals surface area contributed by atoms with Gasteiger partial charge in [-0.15, -0.1) is 0 Å². The van der Waals surface area contributed by atoms with Gasteiger partial charge in [0, 0.05) is 12.4 Å². The Morgan fingerprint density at radius 2 is 1.58 bits per heavy atom. The summed E-state index contributed by atoms with van der Waals surface area (Å²) in [5.74, 6) is -0.714. The summed E-state index contributed by atoms with van der Waals surface area (Å²) in [5.41, 5.74) is 1.77. The Balaban J connectivity index is 1.59. The molecule has 0 bridgehead atoms. The van der Waals surface area contributed by atoms with E-state index < -0.39 is 17.8 Å². The van der Waals surface area contributed by atoms with Crippen LogP contribution >= 0.6 is 0 Å². The van der Waals surface area contributed by atoms with Crippen LogP contribution in [0.25, 0.3) is 6.08 Å². The average Bonchev–Trinajstić information content (AvgIpc) is 2.64. The molecule has 1 aromatic heterocycles. The molecule has 0 spiro atoms. The highest BCUT2D eigenvalue weighted by Crippen LogP contribution is 2.15. The molecule has 0 unspecified atom stereocenters. The van der Waals surface area contributed by atoms with Crippen molar-refractivity contribution >= 4 is 23.9 Å². The number of benzene rings is 1. The van der Waals surface area contributed by atoms with Crippen molar-refractivity contribution in [3.8, 4) is 5.75 Å². The van der Waals surface area contributed by atoms with E-state index in [1.54, 1.807) is 24.5 Å². The number of ether oxygens (including phenoxy) is 1. The van der Waals surface area contributed by atoms with Gasteiger partial charge in [-0.25, -0.2) is 4.79 Å². The second-order valence-corrected chi connectivity index (χ2v) is 5.39. The van der Waals surface area contributed by atoms with E-state index >= 15 is 0 Å². The fourth-order valence-electron chi connectivity index (χ4n) is 2.20. The van der Waals surface area contributed by atoms with Gasteiger partial charge in [0.25, 0.3) is 11.8 Å². The molecule has 1 aliphatic heterocycles. The molecule has 0 saturated carbocycles. The number of hydrogen-bond donors (Lipinski definition) is 2. The quantitative estimate of drug-likeness (QED) is 0.635. The summed E-state index contributed by atoms with van der Waals surface area (Å²) in [6.45, 7) is 0.451. The lowest BCUT2D eigenvalue weighted by Gasteiger charge is -2.12. The minimum Gasteiger partial charge on any atom is -0.489 e. The van der Waals surface area contributed by atoms with Crippen LogP contribution in [0.15, 0.2) is 66.5 Å². The maximum atomic E-state index is 11.6. The van der Waals surface area contributed by atoms with Crippen molar-refractivity contribution in [2.45, 2.75) is 6.61 Å². The first kappa shape index (κ1) is 17.1. The first-order valence-corrected chi connectivity index (χ1v) is 7.78. The van der Waals surface area contributed by atoms with Crippen LogP contribution in [0.4, 0.5) is 4.79 Å². The molecule has 0 atom stereocenters. The Morgan fingerprint density at radius 3 is 2.23 bits per heavy atom. The summed E-state index contributed by atoms with van der Waals surface area (Å²) in [5, 5.41) is 4.02. The van der Waals surface area contributed by atoms with E-state index in [9.17, 15) is 14.4 Å². The number of carbonyl (C=O) groups is 3. The maximum absolute atomic E-state index is 11.6. The van der Waals surface area contributed by atoms with Crippen LogP contribution in [0.3, 0.4) is 0 Å². The van der Waals surface area contributed by atoms with Crippen LogP contribution in [0.2, 0.25) is 0 Å². The summed E-state index contributed by atoms with van der Waals surface area (Å²) < 4.78 is 5.68. The SMILES string of the molecule is O=C1NC(=O)C(=C/C=C/c2ccc(OCc3ccncc3)cc2)C(=O)N1. The fourth-order valence-corrected chi connectivity index (χ4v) is 2.20. The van der Waals surface area contributed by atoms with E-state index in [1.807, 2.05) is 47.0 Å². The number of nitrogens with one attached hydrogen (secondary N) is 2. The molecule has 130 valence electrons. The molecule has 3 rings (SSSR count). The number of allylic oxidation sites excluding steroid dienone is 2. The molecule has 2 aromatic rings. The molecule has 1 aromatic carbocycles. The Hall–Kier alpha value is -3.74. The molecular weight excluding hydrogens is 334 g/mol. The average molecular weight is 349 g/mol. The lowest BCUT2D eigenvalue weighted by molar-refractivity contribution is -0.124. The van der Waals surface area contributed by atoms with Gasteiger partial charge in [0.2, 0.25) is 0 Å². The summed E-state index contributed by atoms with van der Waals surface area (Å²) >= 11 is 0. The number of pyridine rings is 1. The Labute approximate surface area is 149 Å². The van der Waals surface area contributed by atoms with Crippen molar-refractivity contribution in [3.05, 3.63) is 77.6 Å². The summed E-state index contributed by atoms with van der Waals surface area (Å²) in [6, 6.07) is 10.3. The monoisotopic (exact) mass is 349 g/mol. The van der Waals surface area contributed by atoms with Gasteiger partial charge in [-0.3, -0.25) is 25.2 Å². The summed E-state index contributed by atoms with van der Waals surface area (Å²) in [6.07, 6.45) is 8.08. The van der Waals surface area contributed by atoms with Crippen LogP contribution in [0, 0.1) is 0 Å². The van der Waals surface area contributed by atoms with Gasteiger partial charge >= 0.3 is 6.03 Å². The highest BCUT2D eigenvalue weighted by Gasteiger charge is 2.26. The largest absolute Gasteiger partial charge is 0.489 e. The number of nitrogens with zero attached hydrogens (tertiary/aromatic N) is 1. The molecular formula is C19H15N3O4. The molecule has 26 heavy (non-hydrogen) atoms. The number of rotatable bonds is 5. The first-order chi connectivity index (χ1) is 12.6. The normalized spacial score (nSPS) is 14.2. The number of barbiturate groups is 1. The Kier molecular flexibility index (Phi) is 5.19. The Bertz CT molecular complexity index is 865. The van der Waals surface area contributed by atoms with Gasteiger partial charge in [0.15, 0.2) is 0 Å². The van der Waals surface area contributed by atoms with Crippen molar-refractivity contribution in [2.24, 2.45) is 0 Å². The third-order valence-electron chi connectivity index (χ3n) is 3.53. The number of imide groups is 2. The minimum absolute atomic E-state index is 0.127. The van der Waals surface area contributed by atoms with E-state index in [1.165, 1.54) is 6.08 Å². The topological polar surface area (TPSA) is 97.4 Å². The third kappa shape index (κ3) is 4.41. The molecule has 1 saturated heterocycles. The van der Waals surface area contributed by atoms with Gasteiger partial charge in [0.05, 0.1) is 0 Å². The van der Waals surface area contributed by atoms with Gasteiger partial charge < -0.3 is 4.74 Å². The predicted octanol–water partition coefficient (Wildman–Crippen LogP) is 1.97. The van der Waals surface area contributed by atoms with Gasteiger partial charge in [0.1, 0.15) is 17.9 Å². The van der Waals surface area contributed by atoms with Crippen LogP contribution in [-0.2, 0) is 16.2 Å². The minimum atomic E-state index is -0.816. The molecule has 2 heterocycles. The lowest BCUT2D eigenvalue weighted by atomic mass is 10.1. The van der Waals surface area contributed by atoms with E-state index in [2.05, 4.69) is 4.98 Å². The fraction of sp³-hybridized carbons (Fsp3) is 0.0526. The van der Waals surface area contributed by atoms with Crippen LogP contribution < -0.4 is 15.4 Å². The number of aromatic nitrogens is 1. The van der Waals surface area contributed by atoms with Gasteiger partial charge in [-0.05, 0) is 41.5 Å². The molecule has 0 radical (unpaired) electrons. The predicted molar refractivity (Wildman–Crippen MR) is 93.8 cm³/mol. The first-order valence-electron chi connectivity index (χ1n) is 7.78. The molecule has 1 aliphatic rings. The van der Waals surface area contributed by atoms with Crippen molar-refractivity contribution < 1.29 is 19.1 Å². The van der Waals surface area contributed by atoms with Gasteiger partial charge in [-0.2, -0.15) is 0 Å².